The first kappa shape index (κ1) is 19.9. The van der Waals surface area contributed by atoms with Gasteiger partial charge in [-0.25, -0.2) is 0 Å². The van der Waals surface area contributed by atoms with E-state index in [0.717, 1.165) is 0 Å². The zero-order valence-corrected chi connectivity index (χ0v) is 18.0. The first-order valence-electron chi connectivity index (χ1n) is 9.52. The summed E-state index contributed by atoms with van der Waals surface area (Å²) < 4.78 is 23.7. The monoisotopic (exact) mass is 408 g/mol. The van der Waals surface area contributed by atoms with Crippen LogP contribution < -0.4 is 25.4 Å². The number of rotatable bonds is 5. The van der Waals surface area contributed by atoms with Crippen LogP contribution in [0, 0.1) is 0 Å². The third kappa shape index (κ3) is 3.53. The quantitative estimate of drug-likeness (QED) is 0.600. The van der Waals surface area contributed by atoms with Gasteiger partial charge in [-0.3, -0.25) is 0 Å². The van der Waals surface area contributed by atoms with Crippen molar-refractivity contribution in [3.63, 3.8) is 0 Å². The van der Waals surface area contributed by atoms with Crippen molar-refractivity contribution < 1.29 is 18.9 Å². The van der Waals surface area contributed by atoms with Gasteiger partial charge in [-0.15, -0.1) is 0 Å². The maximum atomic E-state index is 6.28. The summed E-state index contributed by atoms with van der Waals surface area (Å²) in [6.07, 6.45) is 0. The fourth-order valence-corrected chi connectivity index (χ4v) is 5.77. The molecular formula is C24H25O4P. The van der Waals surface area contributed by atoms with Gasteiger partial charge in [0.2, 0.25) is 0 Å². The van der Waals surface area contributed by atoms with Crippen LogP contribution in [0.5, 0.6) is 11.5 Å². The lowest BCUT2D eigenvalue weighted by Crippen LogP contribution is -2.62. The van der Waals surface area contributed by atoms with Crippen LogP contribution in [0.2, 0.25) is 0 Å². The summed E-state index contributed by atoms with van der Waals surface area (Å²) in [6.45, 7) is 3.64. The smallest absolute Gasteiger partial charge is 0.273 e. The molecule has 1 aliphatic rings. The molecule has 29 heavy (non-hydrogen) atoms. The van der Waals surface area contributed by atoms with Gasteiger partial charge in [-0.1, -0.05) is 60.7 Å². The second-order valence-electron chi connectivity index (χ2n) is 7.14. The minimum atomic E-state index is -1.07. The molecule has 0 bridgehead atoms. The molecule has 1 heterocycles. The van der Waals surface area contributed by atoms with Crippen LogP contribution in [0.15, 0.2) is 78.9 Å². The van der Waals surface area contributed by atoms with Crippen LogP contribution in [-0.2, 0) is 9.47 Å². The second kappa shape index (κ2) is 7.79. The van der Waals surface area contributed by atoms with Gasteiger partial charge in [-0.2, -0.15) is 0 Å². The second-order valence-corrected chi connectivity index (χ2v) is 9.36. The first-order chi connectivity index (χ1) is 14.0. The molecule has 1 aliphatic heterocycles. The summed E-state index contributed by atoms with van der Waals surface area (Å²) in [4.78, 5) is 0. The number of ether oxygens (including phenoxy) is 4. The van der Waals surface area contributed by atoms with E-state index in [1.807, 2.05) is 32.0 Å². The van der Waals surface area contributed by atoms with Crippen molar-refractivity contribution in [2.75, 3.05) is 14.2 Å². The summed E-state index contributed by atoms with van der Waals surface area (Å²) in [5.41, 5.74) is 0. The molecule has 3 aromatic rings. The van der Waals surface area contributed by atoms with Gasteiger partial charge in [0.15, 0.2) is 11.5 Å². The van der Waals surface area contributed by atoms with Crippen molar-refractivity contribution in [2.24, 2.45) is 0 Å². The largest absolute Gasteiger partial charge is 0.452 e. The van der Waals surface area contributed by atoms with E-state index < -0.39 is 19.5 Å². The fraction of sp³-hybridized carbons (Fsp3) is 0.250. The molecule has 2 unspecified atom stereocenters. The molecule has 0 amide bonds. The molecule has 4 rings (SSSR count). The molecular weight excluding hydrogens is 383 g/mol. The Kier molecular flexibility index (Phi) is 5.35. The fourth-order valence-electron chi connectivity index (χ4n) is 3.46. The molecule has 150 valence electrons. The number of benzene rings is 3. The van der Waals surface area contributed by atoms with Gasteiger partial charge in [0.25, 0.3) is 11.6 Å². The van der Waals surface area contributed by atoms with Crippen LogP contribution in [0.4, 0.5) is 0 Å². The molecule has 0 saturated carbocycles. The third-order valence-corrected chi connectivity index (χ3v) is 7.85. The molecule has 0 N–H and O–H groups in total. The highest BCUT2D eigenvalue weighted by atomic mass is 31.1. The highest BCUT2D eigenvalue weighted by Crippen LogP contribution is 2.45. The zero-order chi connectivity index (χ0) is 20.5. The molecule has 0 aromatic heterocycles. The lowest BCUT2D eigenvalue weighted by molar-refractivity contribution is -0.345. The third-order valence-electron chi connectivity index (χ3n) is 5.43. The van der Waals surface area contributed by atoms with Crippen molar-refractivity contribution in [3.05, 3.63) is 78.9 Å². The Morgan fingerprint density at radius 2 is 1.10 bits per heavy atom. The topological polar surface area (TPSA) is 36.9 Å². The molecule has 5 heteroatoms. The molecule has 2 atom stereocenters. The molecule has 0 radical (unpaired) electrons. The van der Waals surface area contributed by atoms with Crippen LogP contribution in [0.1, 0.15) is 13.8 Å². The van der Waals surface area contributed by atoms with E-state index in [-0.39, 0.29) is 0 Å². The Morgan fingerprint density at radius 1 is 0.621 bits per heavy atom. The predicted octanol–water partition coefficient (Wildman–Crippen LogP) is 3.94. The highest BCUT2D eigenvalue weighted by molar-refractivity contribution is 7.79. The Bertz CT molecular complexity index is 939. The van der Waals surface area contributed by atoms with E-state index in [1.54, 1.807) is 14.2 Å². The SMILES string of the molecule is COC1(C)Oc2ccc(P(c3ccccc3)c3ccccc3)cc2OC1(C)OC. The summed E-state index contributed by atoms with van der Waals surface area (Å²) in [5, 5.41) is 3.74. The van der Waals surface area contributed by atoms with Crippen molar-refractivity contribution >= 4 is 23.8 Å². The van der Waals surface area contributed by atoms with Crippen molar-refractivity contribution in [3.8, 4) is 11.5 Å². The van der Waals surface area contributed by atoms with Gasteiger partial charge in [-0.05, 0) is 42.0 Å². The van der Waals surface area contributed by atoms with Crippen LogP contribution in [-0.4, -0.2) is 25.8 Å². The van der Waals surface area contributed by atoms with Gasteiger partial charge in [0.1, 0.15) is 0 Å². The van der Waals surface area contributed by atoms with E-state index in [4.69, 9.17) is 18.9 Å². The van der Waals surface area contributed by atoms with Crippen LogP contribution in [0.25, 0.3) is 0 Å². The van der Waals surface area contributed by atoms with Gasteiger partial charge in [0, 0.05) is 28.1 Å². The number of methoxy groups -OCH3 is 2. The minimum absolute atomic E-state index is 0.642. The van der Waals surface area contributed by atoms with Gasteiger partial charge in [0.05, 0.1) is 0 Å². The van der Waals surface area contributed by atoms with Gasteiger partial charge >= 0.3 is 0 Å². The van der Waals surface area contributed by atoms with Crippen LogP contribution in [0.3, 0.4) is 0 Å². The average molecular weight is 408 g/mol. The first-order valence-corrected chi connectivity index (χ1v) is 10.9. The lowest BCUT2D eigenvalue weighted by Gasteiger charge is -2.46. The van der Waals surface area contributed by atoms with E-state index in [1.165, 1.54) is 15.9 Å². The number of hydrogen-bond donors (Lipinski definition) is 0. The van der Waals surface area contributed by atoms with E-state index in [9.17, 15) is 0 Å². The minimum Gasteiger partial charge on any atom is -0.452 e. The van der Waals surface area contributed by atoms with Crippen LogP contribution >= 0.6 is 7.92 Å². The van der Waals surface area contributed by atoms with E-state index in [0.29, 0.717) is 11.5 Å². The number of hydrogen-bond acceptors (Lipinski definition) is 4. The lowest BCUT2D eigenvalue weighted by atomic mass is 10.1. The Balaban J connectivity index is 1.80. The molecule has 0 saturated heterocycles. The molecule has 3 aromatic carbocycles. The van der Waals surface area contributed by atoms with E-state index in [2.05, 4.69) is 60.7 Å². The maximum absolute atomic E-state index is 6.28. The zero-order valence-electron chi connectivity index (χ0n) is 17.1. The standard InChI is InChI=1S/C24H25O4P/c1-23(25-3)24(2,26-4)28-22-17-20(15-16-21(22)27-23)29(18-11-7-5-8-12-18)19-13-9-6-10-14-19/h5-17H,1-4H3. The summed E-state index contributed by atoms with van der Waals surface area (Å²) in [7, 11) is 2.45. The van der Waals surface area contributed by atoms with Crippen molar-refractivity contribution in [2.45, 2.75) is 25.4 Å². The van der Waals surface area contributed by atoms with Crippen molar-refractivity contribution in [1.82, 2.24) is 0 Å². The summed E-state index contributed by atoms with van der Waals surface area (Å²) in [6, 6.07) is 27.2. The summed E-state index contributed by atoms with van der Waals surface area (Å²) in [5.74, 6) is -0.834. The normalized spacial score (nSPS) is 23.2. The van der Waals surface area contributed by atoms with E-state index >= 15 is 0 Å². The Morgan fingerprint density at radius 3 is 1.59 bits per heavy atom. The molecule has 0 spiro atoms. The Hall–Kier alpha value is -2.39. The Labute approximate surface area is 173 Å². The molecule has 4 nitrogen and oxygen atoms in total. The number of fused-ring (bicyclic) bond motifs is 1. The van der Waals surface area contributed by atoms with Crippen molar-refractivity contribution in [1.29, 1.82) is 0 Å². The average Bonchev–Trinajstić information content (AvgIpc) is 2.76. The predicted molar refractivity (Wildman–Crippen MR) is 117 cm³/mol. The highest BCUT2D eigenvalue weighted by Gasteiger charge is 2.54. The molecule has 0 fully saturated rings. The maximum Gasteiger partial charge on any atom is 0.273 e. The molecule has 0 aliphatic carbocycles. The van der Waals surface area contributed by atoms with Gasteiger partial charge < -0.3 is 18.9 Å². The summed E-state index contributed by atoms with van der Waals surface area (Å²) >= 11 is 0.